The monoisotopic (exact) mass is 618 g/mol. The van der Waals surface area contributed by atoms with Crippen molar-refractivity contribution in [3.63, 3.8) is 0 Å². The van der Waals surface area contributed by atoms with Gasteiger partial charge in [0.15, 0.2) is 11.1 Å². The van der Waals surface area contributed by atoms with Crippen LogP contribution in [0.25, 0.3) is 33.7 Å². The molecule has 9 heteroatoms. The van der Waals surface area contributed by atoms with Gasteiger partial charge in [0.25, 0.3) is 11.1 Å². The number of benzene rings is 2. The fraction of sp³-hybridized carbons (Fsp3) is 0.270. The molecule has 0 unspecified atom stereocenters. The number of aromatic nitrogens is 3. The summed E-state index contributed by atoms with van der Waals surface area (Å²) < 4.78 is 40.2. The van der Waals surface area contributed by atoms with Crippen molar-refractivity contribution >= 4 is 29.5 Å². The van der Waals surface area contributed by atoms with E-state index >= 15 is 8.63 Å². The molecule has 0 N–H and O–H groups in total. The minimum Gasteiger partial charge on any atom is -0.389 e. The Kier molecular flexibility index (Phi) is 7.30. The number of halogens is 2. The Morgan fingerprint density at radius 3 is 1.91 bits per heavy atom. The highest BCUT2D eigenvalue weighted by Gasteiger charge is 2.54. The summed E-state index contributed by atoms with van der Waals surface area (Å²) in [5.41, 5.74) is 2.45. The number of rotatable bonds is 8. The third kappa shape index (κ3) is 4.63. The topological polar surface area (TPSA) is 51.9 Å². The van der Waals surface area contributed by atoms with Gasteiger partial charge >= 0.3 is 6.97 Å². The second-order valence-electron chi connectivity index (χ2n) is 13.2. The van der Waals surface area contributed by atoms with Crippen LogP contribution in [0.4, 0.5) is 8.63 Å². The molecule has 0 spiro atoms. The van der Waals surface area contributed by atoms with Gasteiger partial charge in [-0.15, -0.1) is 0 Å². The van der Waals surface area contributed by atoms with E-state index in [9.17, 15) is 9.59 Å². The zero-order valence-electron chi connectivity index (χ0n) is 26.6. The Balaban J connectivity index is 1.60. The molecule has 0 radical (unpaired) electrons. The minimum atomic E-state index is -4.53. The van der Waals surface area contributed by atoms with E-state index in [4.69, 9.17) is 0 Å². The van der Waals surface area contributed by atoms with Crippen molar-refractivity contribution in [2.75, 3.05) is 0 Å². The molecule has 0 saturated heterocycles. The number of nitrogens with zero attached hydrogens (tertiary/aromatic N) is 4. The number of pyridine rings is 2. The second kappa shape index (κ2) is 11.2. The van der Waals surface area contributed by atoms with E-state index in [2.05, 4.69) is 27.7 Å². The summed E-state index contributed by atoms with van der Waals surface area (Å²) in [6.07, 6.45) is 6.59. The molecule has 0 saturated carbocycles. The number of allylic oxidation sites excluding steroid dienone is 1. The summed E-state index contributed by atoms with van der Waals surface area (Å²) in [6, 6.07) is 21.9. The molecule has 0 atom stereocenters. The van der Waals surface area contributed by atoms with E-state index in [1.165, 1.54) is 0 Å². The van der Waals surface area contributed by atoms with E-state index < -0.39 is 6.97 Å². The van der Waals surface area contributed by atoms with Crippen LogP contribution in [0.2, 0.25) is 0 Å². The van der Waals surface area contributed by atoms with Crippen molar-refractivity contribution in [2.45, 2.75) is 53.6 Å². The third-order valence-electron chi connectivity index (χ3n) is 9.25. The molecule has 7 rings (SSSR count). The summed E-state index contributed by atoms with van der Waals surface area (Å²) in [7, 11) is 0. The van der Waals surface area contributed by atoms with Crippen LogP contribution in [0.3, 0.4) is 0 Å². The summed E-state index contributed by atoms with van der Waals surface area (Å²) in [6.45, 7) is 4.84. The maximum atomic E-state index is 17.4. The van der Waals surface area contributed by atoms with Gasteiger partial charge in [0.2, 0.25) is 0 Å². The molecule has 0 aliphatic carbocycles. The van der Waals surface area contributed by atoms with Crippen LogP contribution in [-0.4, -0.2) is 20.6 Å². The smallest absolute Gasteiger partial charge is 0.389 e. The second-order valence-corrected chi connectivity index (χ2v) is 13.2. The predicted molar refractivity (Wildman–Crippen MR) is 182 cm³/mol. The molecule has 2 aliphatic rings. The van der Waals surface area contributed by atoms with Crippen LogP contribution < -0.4 is 26.2 Å². The molecular formula is C37H37BF2N4O2. The molecule has 2 aromatic carbocycles. The van der Waals surface area contributed by atoms with Crippen molar-refractivity contribution < 1.29 is 8.63 Å². The molecule has 0 bridgehead atoms. The van der Waals surface area contributed by atoms with Gasteiger partial charge in [-0.3, -0.25) is 9.59 Å². The third-order valence-corrected chi connectivity index (χ3v) is 9.25. The summed E-state index contributed by atoms with van der Waals surface area (Å²) in [4.78, 5) is 28.2. The summed E-state index contributed by atoms with van der Waals surface area (Å²) in [5, 5.41) is 0.732. The lowest BCUT2D eigenvalue weighted by atomic mass is 9.88. The van der Waals surface area contributed by atoms with Gasteiger partial charge in [-0.1, -0.05) is 88.4 Å². The maximum Gasteiger partial charge on any atom is 0.737 e. The van der Waals surface area contributed by atoms with Crippen molar-refractivity contribution in [1.82, 2.24) is 18.1 Å². The van der Waals surface area contributed by atoms with Gasteiger partial charge in [-0.2, -0.15) is 0 Å². The first-order valence-corrected chi connectivity index (χ1v) is 16.1. The standard InChI is InChI=1S/C37H37BF2N4O2/c1-24(2)15-19-41-21-17-28-34(36(41)45)32(26-11-7-5-8-12-26)30-23-31-33(27-13-9-6-10-14-27)35-29(44(31)38(39,40)43(28)30)18-22-42(37(35)46)20-16-25(3)4/h5-14,17-18,21-25H,15-16,19-20H2,1-4H3. The summed E-state index contributed by atoms with van der Waals surface area (Å²) >= 11 is 0. The zero-order chi connectivity index (χ0) is 32.3. The fourth-order valence-electron chi connectivity index (χ4n) is 6.90. The molecule has 6 nitrogen and oxygen atoms in total. The molecule has 0 fully saturated rings. The van der Waals surface area contributed by atoms with Crippen molar-refractivity contribution in [2.24, 2.45) is 11.8 Å². The van der Waals surface area contributed by atoms with E-state index in [-0.39, 0.29) is 44.0 Å². The molecular weight excluding hydrogens is 581 g/mol. The number of hydrogen-bond acceptors (Lipinski definition) is 2. The van der Waals surface area contributed by atoms with Gasteiger partial charge in [0, 0.05) is 54.4 Å². The van der Waals surface area contributed by atoms with Gasteiger partial charge in [-0.05, 0) is 41.9 Å². The fourth-order valence-corrected chi connectivity index (χ4v) is 6.90. The first kappa shape index (κ1) is 29.9. The highest BCUT2D eigenvalue weighted by molar-refractivity contribution is 6.65. The summed E-state index contributed by atoms with van der Waals surface area (Å²) in [5.74, 6) is 0.759. The number of fused-ring (bicyclic) bond motifs is 5. The van der Waals surface area contributed by atoms with Crippen LogP contribution in [0, 0.1) is 11.8 Å². The van der Waals surface area contributed by atoms with Gasteiger partial charge in [-0.25, -0.2) is 0 Å². The lowest BCUT2D eigenvalue weighted by Crippen LogP contribution is -2.58. The Labute approximate surface area is 265 Å². The molecule has 234 valence electrons. The van der Waals surface area contributed by atoms with Crippen LogP contribution >= 0.6 is 0 Å². The molecule has 46 heavy (non-hydrogen) atoms. The maximum absolute atomic E-state index is 17.4. The Morgan fingerprint density at radius 2 is 1.30 bits per heavy atom. The average molecular weight is 619 g/mol. The molecule has 5 aromatic rings. The van der Waals surface area contributed by atoms with Gasteiger partial charge in [0.1, 0.15) is 5.22 Å². The van der Waals surface area contributed by atoms with Crippen molar-refractivity contribution in [3.8, 4) is 11.1 Å². The first-order chi connectivity index (χ1) is 22.1. The molecule has 2 aliphatic heterocycles. The van der Waals surface area contributed by atoms with Crippen LogP contribution in [0.5, 0.6) is 0 Å². The van der Waals surface area contributed by atoms with E-state index in [1.807, 2.05) is 60.7 Å². The first-order valence-electron chi connectivity index (χ1n) is 16.1. The van der Waals surface area contributed by atoms with Crippen LogP contribution in [0.15, 0.2) is 100 Å². The predicted octanol–water partition coefficient (Wildman–Crippen LogP) is 5.71. The van der Waals surface area contributed by atoms with E-state index in [1.54, 1.807) is 39.7 Å². The van der Waals surface area contributed by atoms with Crippen LogP contribution in [0.1, 0.15) is 51.8 Å². The van der Waals surface area contributed by atoms with Gasteiger partial charge in [0.05, 0.1) is 11.0 Å². The van der Waals surface area contributed by atoms with Gasteiger partial charge < -0.3 is 26.7 Å². The zero-order valence-corrected chi connectivity index (χ0v) is 26.6. The normalized spacial score (nSPS) is 15.0. The Hall–Kier alpha value is -4.79. The lowest BCUT2D eigenvalue weighted by Gasteiger charge is -2.30. The number of hydrogen-bond donors (Lipinski definition) is 0. The average Bonchev–Trinajstić information content (AvgIpc) is 3.56. The van der Waals surface area contributed by atoms with E-state index in [0.29, 0.717) is 47.2 Å². The Bertz CT molecular complexity index is 2280. The van der Waals surface area contributed by atoms with Crippen LogP contribution in [-0.2, 0) is 13.1 Å². The molecule has 5 heterocycles. The minimum absolute atomic E-state index is 0.180. The lowest BCUT2D eigenvalue weighted by molar-refractivity contribution is 0.504. The number of aryl methyl sites for hydroxylation is 2. The highest BCUT2D eigenvalue weighted by Crippen LogP contribution is 2.42. The Morgan fingerprint density at radius 1 is 0.739 bits per heavy atom. The van der Waals surface area contributed by atoms with Crippen molar-refractivity contribution in [1.29, 1.82) is 0 Å². The SMILES string of the molecule is CC(C)CCn1ccc2c(c1=O)=C(c1ccccc1)C1=Cc3c(-c4ccccc4)c4c(=O)n(CCC(C)C)ccc4n3[B-](F)(F)[N+]=21. The van der Waals surface area contributed by atoms with E-state index in [0.717, 1.165) is 21.8 Å². The quantitative estimate of drug-likeness (QED) is 0.210. The van der Waals surface area contributed by atoms with Crippen molar-refractivity contribution in [3.05, 3.63) is 133 Å². The molecule has 0 amide bonds. The molecule has 3 aromatic heterocycles. The highest BCUT2D eigenvalue weighted by atomic mass is 19.2. The largest absolute Gasteiger partial charge is 0.737 e.